The van der Waals surface area contributed by atoms with Crippen LogP contribution in [0.4, 0.5) is 5.13 Å². The number of esters is 1. The van der Waals surface area contributed by atoms with Crippen LogP contribution >= 0.6 is 11.3 Å². The van der Waals surface area contributed by atoms with Gasteiger partial charge in [0.2, 0.25) is 12.0 Å². The molecule has 14 nitrogen and oxygen atoms in total. The fourth-order valence-corrected chi connectivity index (χ4v) is 6.71. The second kappa shape index (κ2) is 8.43. The molecule has 6 atom stereocenters. The van der Waals surface area contributed by atoms with Crippen LogP contribution in [0.1, 0.15) is 25.5 Å². The Morgan fingerprint density at radius 1 is 1.44 bits per heavy atom. The zero-order valence-electron chi connectivity index (χ0n) is 17.4. The maximum absolute atomic E-state index is 13.1. The maximum atomic E-state index is 13.1. The average Bonchev–Trinajstić information content (AvgIpc) is 3.33. The lowest BCUT2D eigenvalue weighted by Gasteiger charge is -2.56. The van der Waals surface area contributed by atoms with Gasteiger partial charge >= 0.3 is 17.9 Å². The molecule has 0 radical (unpaired) electrons. The summed E-state index contributed by atoms with van der Waals surface area (Å²) in [5.74, 6) is -7.66. The van der Waals surface area contributed by atoms with Gasteiger partial charge in [0.05, 0.1) is 18.3 Å². The van der Waals surface area contributed by atoms with E-state index >= 15 is 0 Å². The molecular weight excluding hydrogens is 496 g/mol. The molecule has 3 aliphatic rings. The van der Waals surface area contributed by atoms with Crippen molar-refractivity contribution in [2.24, 2.45) is 17.0 Å². The number of carbonyl (C=O) groups excluding carboxylic acids is 3. The van der Waals surface area contributed by atoms with E-state index in [1.807, 2.05) is 0 Å². The number of nitrogen functional groups attached to an aromatic ring is 1. The highest BCUT2D eigenvalue weighted by Gasteiger charge is 2.72. The van der Waals surface area contributed by atoms with E-state index in [-0.39, 0.29) is 23.0 Å². The molecule has 0 saturated carbocycles. The first-order chi connectivity index (χ1) is 16.0. The Morgan fingerprint density at radius 2 is 2.15 bits per heavy atom. The molecule has 3 fully saturated rings. The Balaban J connectivity index is 1.60. The van der Waals surface area contributed by atoms with Gasteiger partial charge in [-0.05, 0) is 6.92 Å². The van der Waals surface area contributed by atoms with E-state index in [2.05, 4.69) is 10.1 Å². The van der Waals surface area contributed by atoms with Crippen LogP contribution < -0.4 is 5.73 Å². The number of carboxylic acid groups (broad SMARTS) is 2. The number of carbonyl (C=O) groups is 5. The molecule has 4 heterocycles. The fourth-order valence-electron chi connectivity index (χ4n) is 4.15. The van der Waals surface area contributed by atoms with E-state index in [4.69, 9.17) is 20.4 Å². The highest BCUT2D eigenvalue weighted by molar-refractivity contribution is 7.85. The number of β-lactam (4-membered cyclic amide) rings is 1. The van der Waals surface area contributed by atoms with E-state index in [0.717, 1.165) is 16.2 Å². The van der Waals surface area contributed by atoms with Crippen LogP contribution in [0.5, 0.6) is 0 Å². The zero-order chi connectivity index (χ0) is 24.9. The number of ketones is 1. The molecule has 1 aromatic rings. The highest BCUT2D eigenvalue weighted by atomic mass is 32.2. The van der Waals surface area contributed by atoms with E-state index < -0.39 is 81.6 Å². The van der Waals surface area contributed by atoms with Gasteiger partial charge in [-0.25, -0.2) is 14.6 Å². The lowest BCUT2D eigenvalue weighted by atomic mass is 9.84. The van der Waals surface area contributed by atoms with Gasteiger partial charge in [-0.15, -0.1) is 11.3 Å². The SMILES string of the molecule is C[C@@H](O/N=C(\C(=O)C[C@@H]1C(=O)N2[C@@H]1[S@@](=O)C[C@@H]1CC(=O)O[C@@]12C(=O)O)c1csc(N)n1)C(=O)O. The third-order valence-electron chi connectivity index (χ3n) is 5.77. The lowest BCUT2D eigenvalue weighted by molar-refractivity contribution is -0.220. The van der Waals surface area contributed by atoms with Gasteiger partial charge in [-0.2, -0.15) is 0 Å². The summed E-state index contributed by atoms with van der Waals surface area (Å²) in [7, 11) is -1.76. The van der Waals surface area contributed by atoms with Gasteiger partial charge in [0.25, 0.3) is 5.72 Å². The molecule has 182 valence electrons. The number of hydrogen-bond acceptors (Lipinski definition) is 12. The average molecular weight is 514 g/mol. The summed E-state index contributed by atoms with van der Waals surface area (Å²) < 4.78 is 17.9. The number of thiazole rings is 1. The number of ether oxygens (including phenoxy) is 1. The molecule has 3 aliphatic heterocycles. The molecule has 0 unspecified atom stereocenters. The summed E-state index contributed by atoms with van der Waals surface area (Å²) in [5, 5.41) is 22.7. The van der Waals surface area contributed by atoms with Crippen molar-refractivity contribution in [2.75, 3.05) is 11.5 Å². The molecule has 3 saturated heterocycles. The second-order valence-corrected chi connectivity index (χ2v) is 10.3. The van der Waals surface area contributed by atoms with E-state index in [1.54, 1.807) is 0 Å². The van der Waals surface area contributed by atoms with Crippen molar-refractivity contribution in [3.8, 4) is 0 Å². The molecule has 0 spiro atoms. The van der Waals surface area contributed by atoms with Gasteiger partial charge in [0, 0.05) is 28.4 Å². The molecule has 34 heavy (non-hydrogen) atoms. The first-order valence-electron chi connectivity index (χ1n) is 9.84. The molecule has 1 aromatic heterocycles. The minimum Gasteiger partial charge on any atom is -0.478 e. The van der Waals surface area contributed by atoms with Crippen molar-refractivity contribution >= 4 is 62.6 Å². The molecule has 4 rings (SSSR count). The third-order valence-corrected chi connectivity index (χ3v) is 8.26. The molecule has 4 N–H and O–H groups in total. The van der Waals surface area contributed by atoms with Crippen molar-refractivity contribution < 1.29 is 48.0 Å². The van der Waals surface area contributed by atoms with Crippen LogP contribution in [0.2, 0.25) is 0 Å². The van der Waals surface area contributed by atoms with E-state index in [9.17, 15) is 33.3 Å². The Kier molecular flexibility index (Phi) is 5.89. The van der Waals surface area contributed by atoms with Crippen LogP contribution in [0.25, 0.3) is 0 Å². The molecule has 1 amide bonds. The molecule has 0 aromatic carbocycles. The van der Waals surface area contributed by atoms with Gasteiger partial charge in [-0.1, -0.05) is 5.16 Å². The van der Waals surface area contributed by atoms with Crippen LogP contribution in [0.3, 0.4) is 0 Å². The lowest BCUT2D eigenvalue weighted by Crippen LogP contribution is -2.78. The zero-order valence-corrected chi connectivity index (χ0v) is 19.0. The summed E-state index contributed by atoms with van der Waals surface area (Å²) in [6.07, 6.45) is -2.23. The summed E-state index contributed by atoms with van der Waals surface area (Å²) >= 11 is 0.986. The molecule has 0 bridgehead atoms. The van der Waals surface area contributed by atoms with Crippen molar-refractivity contribution in [3.05, 3.63) is 11.1 Å². The van der Waals surface area contributed by atoms with Gasteiger partial charge in [0.1, 0.15) is 11.1 Å². The Bertz CT molecular complexity index is 1170. The van der Waals surface area contributed by atoms with Crippen LogP contribution in [-0.2, 0) is 44.3 Å². The minimum absolute atomic E-state index is 0.00900. The fraction of sp³-hybridized carbons (Fsp3) is 0.500. The number of fused-ring (bicyclic) bond motifs is 3. The van der Waals surface area contributed by atoms with Crippen molar-refractivity contribution in [2.45, 2.75) is 37.0 Å². The number of amides is 1. The van der Waals surface area contributed by atoms with Crippen molar-refractivity contribution in [1.29, 1.82) is 0 Å². The predicted molar refractivity (Wildman–Crippen MR) is 113 cm³/mol. The smallest absolute Gasteiger partial charge is 0.370 e. The van der Waals surface area contributed by atoms with Gasteiger partial charge < -0.3 is 25.5 Å². The molecule has 16 heteroatoms. The van der Waals surface area contributed by atoms with Crippen LogP contribution in [-0.4, -0.2) is 82.6 Å². The Morgan fingerprint density at radius 3 is 2.74 bits per heavy atom. The number of oxime groups is 1. The Hall–Kier alpha value is -3.40. The first kappa shape index (κ1) is 23.7. The summed E-state index contributed by atoms with van der Waals surface area (Å²) in [6, 6.07) is 0. The van der Waals surface area contributed by atoms with Crippen molar-refractivity contribution in [3.63, 3.8) is 0 Å². The van der Waals surface area contributed by atoms with Crippen LogP contribution in [0, 0.1) is 11.8 Å². The largest absolute Gasteiger partial charge is 0.478 e. The quantitative estimate of drug-likeness (QED) is 0.161. The first-order valence-corrected chi connectivity index (χ1v) is 12.1. The Labute approximate surface area is 197 Å². The van der Waals surface area contributed by atoms with Gasteiger partial charge in [0.15, 0.2) is 16.6 Å². The molecular formula is C18H18N4O10S2. The van der Waals surface area contributed by atoms with Crippen LogP contribution in [0.15, 0.2) is 10.5 Å². The number of anilines is 1. The van der Waals surface area contributed by atoms with E-state index in [1.165, 1.54) is 12.3 Å². The highest BCUT2D eigenvalue weighted by Crippen LogP contribution is 2.50. The molecule has 0 aliphatic carbocycles. The van der Waals surface area contributed by atoms with Crippen molar-refractivity contribution in [1.82, 2.24) is 9.88 Å². The van der Waals surface area contributed by atoms with Gasteiger partial charge in [-0.3, -0.25) is 23.5 Å². The predicted octanol–water partition coefficient (Wildman–Crippen LogP) is -1.23. The normalized spacial score (nSPS) is 31.1. The maximum Gasteiger partial charge on any atom is 0.370 e. The number of carboxylic acids is 2. The monoisotopic (exact) mass is 514 g/mol. The summed E-state index contributed by atoms with van der Waals surface area (Å²) in [4.78, 5) is 70.5. The third kappa shape index (κ3) is 3.62. The second-order valence-electron chi connectivity index (χ2n) is 7.85. The summed E-state index contributed by atoms with van der Waals surface area (Å²) in [5.41, 5.74) is 2.94. The number of rotatable bonds is 8. The minimum atomic E-state index is -2.26. The standard InChI is InChI=1S/C18H18N4O10S2/c1-6(15(26)27)32-21-12(9-4-33-17(19)20-9)10(23)3-8-13(25)22-14(8)34(30)5-7-2-11(24)31-18(7,22)16(28)29/h4,6-8,14H,2-3,5H2,1H3,(H2,19,20)(H,26,27)(H,28,29)/b21-12-/t6-,7+,8-,14-,18-,34+/m1/s1. The van der Waals surface area contributed by atoms with E-state index in [0.29, 0.717) is 0 Å². The number of hydrogen-bond donors (Lipinski definition) is 3. The number of aliphatic carboxylic acids is 2. The summed E-state index contributed by atoms with van der Waals surface area (Å²) in [6.45, 7) is 1.19. The number of aromatic nitrogens is 1. The number of Topliss-reactive ketones (excluding diaryl/α,β-unsaturated/α-hetero) is 1. The number of nitrogens with zero attached hydrogens (tertiary/aromatic N) is 3. The number of nitrogens with two attached hydrogens (primary N) is 1. The topological polar surface area (TPSA) is 216 Å².